The van der Waals surface area contributed by atoms with Crippen LogP contribution in [0.5, 0.6) is 0 Å². The zero-order valence-corrected chi connectivity index (χ0v) is 12.1. The molecule has 1 heterocycles. The number of rotatable bonds is 4. The normalized spacial score (nSPS) is 16.2. The van der Waals surface area contributed by atoms with Gasteiger partial charge in [0, 0.05) is 13.1 Å². The van der Waals surface area contributed by atoms with Crippen molar-refractivity contribution in [1.82, 2.24) is 9.21 Å². The highest BCUT2D eigenvalue weighted by molar-refractivity contribution is 7.89. The van der Waals surface area contributed by atoms with E-state index < -0.39 is 10.0 Å². The van der Waals surface area contributed by atoms with E-state index in [0.717, 1.165) is 18.5 Å². The summed E-state index contributed by atoms with van der Waals surface area (Å²) >= 11 is 0. The molecule has 1 aliphatic heterocycles. The third-order valence-corrected chi connectivity index (χ3v) is 5.01. The second kappa shape index (κ2) is 5.21. The van der Waals surface area contributed by atoms with E-state index in [1.54, 1.807) is 29.2 Å². The van der Waals surface area contributed by atoms with Crippen LogP contribution in [0.3, 0.4) is 0 Å². The molecule has 0 saturated carbocycles. The molecule has 0 spiro atoms. The predicted molar refractivity (Wildman–Crippen MR) is 74.7 cm³/mol. The Morgan fingerprint density at radius 1 is 1.21 bits per heavy atom. The van der Waals surface area contributed by atoms with Gasteiger partial charge in [0.05, 0.1) is 11.4 Å². The van der Waals surface area contributed by atoms with Crippen molar-refractivity contribution in [2.45, 2.75) is 25.2 Å². The van der Waals surface area contributed by atoms with Crippen LogP contribution in [0, 0.1) is 12.3 Å². The van der Waals surface area contributed by atoms with Crippen LogP contribution in [-0.4, -0.2) is 43.2 Å². The number of sulfonamides is 1. The van der Waals surface area contributed by atoms with Crippen molar-refractivity contribution in [3.8, 4) is 0 Å². The molecule has 1 saturated heterocycles. The van der Waals surface area contributed by atoms with E-state index in [-0.39, 0.29) is 10.9 Å². The molecular weight excluding hydrogens is 262 g/mol. The second-order valence-electron chi connectivity index (χ2n) is 4.70. The summed E-state index contributed by atoms with van der Waals surface area (Å²) in [5.74, 6) is 0.0856. The van der Waals surface area contributed by atoms with Gasteiger partial charge >= 0.3 is 0 Å². The van der Waals surface area contributed by atoms with Crippen molar-refractivity contribution >= 4 is 16.0 Å². The van der Waals surface area contributed by atoms with Gasteiger partial charge in [-0.2, -0.15) is 0 Å². The Kier molecular flexibility index (Phi) is 3.80. The molecular formula is C13H19N3O2S. The van der Waals surface area contributed by atoms with E-state index in [1.807, 2.05) is 13.8 Å². The van der Waals surface area contributed by atoms with Crippen molar-refractivity contribution in [3.05, 3.63) is 29.8 Å². The summed E-state index contributed by atoms with van der Waals surface area (Å²) in [5, 5.41) is 7.99. The van der Waals surface area contributed by atoms with Gasteiger partial charge in [0.2, 0.25) is 5.96 Å². The third kappa shape index (κ3) is 2.58. The van der Waals surface area contributed by atoms with Crippen LogP contribution < -0.4 is 0 Å². The molecule has 0 bridgehead atoms. The summed E-state index contributed by atoms with van der Waals surface area (Å²) < 4.78 is 26.1. The van der Waals surface area contributed by atoms with E-state index >= 15 is 0 Å². The first kappa shape index (κ1) is 13.9. The Labute approximate surface area is 114 Å². The van der Waals surface area contributed by atoms with Crippen LogP contribution in [0.1, 0.15) is 18.9 Å². The first-order valence-electron chi connectivity index (χ1n) is 6.39. The second-order valence-corrected chi connectivity index (χ2v) is 6.56. The fourth-order valence-electron chi connectivity index (χ4n) is 2.14. The number of hydrogen-bond acceptors (Lipinski definition) is 3. The van der Waals surface area contributed by atoms with E-state index in [4.69, 9.17) is 5.41 Å². The van der Waals surface area contributed by atoms with Crippen LogP contribution in [0.25, 0.3) is 0 Å². The SMILES string of the molecule is CCCN1CCN(S(=O)(=O)c2ccc(C)cc2)C1=N. The number of nitrogens with zero attached hydrogens (tertiary/aromatic N) is 2. The molecule has 0 unspecified atom stereocenters. The highest BCUT2D eigenvalue weighted by Crippen LogP contribution is 2.20. The number of aryl methyl sites for hydroxylation is 1. The Morgan fingerprint density at radius 2 is 1.84 bits per heavy atom. The number of guanidine groups is 1. The van der Waals surface area contributed by atoms with Crippen LogP contribution in [0.2, 0.25) is 0 Å². The molecule has 104 valence electrons. The fourth-order valence-corrected chi connectivity index (χ4v) is 3.54. The molecule has 6 heteroatoms. The molecule has 1 aromatic carbocycles. The van der Waals surface area contributed by atoms with Gasteiger partial charge in [-0.25, -0.2) is 12.7 Å². The summed E-state index contributed by atoms with van der Waals surface area (Å²) in [6.07, 6.45) is 0.904. The minimum atomic E-state index is -3.59. The maximum absolute atomic E-state index is 12.5. The lowest BCUT2D eigenvalue weighted by Gasteiger charge is -2.21. The molecule has 0 radical (unpaired) electrons. The predicted octanol–water partition coefficient (Wildman–Crippen LogP) is 1.65. The highest BCUT2D eigenvalue weighted by atomic mass is 32.2. The minimum absolute atomic E-state index is 0.0856. The number of nitrogens with one attached hydrogen (secondary N) is 1. The molecule has 1 fully saturated rings. The molecule has 1 N–H and O–H groups in total. The summed E-state index contributed by atoms with van der Waals surface area (Å²) in [5.41, 5.74) is 1.02. The summed E-state index contributed by atoms with van der Waals surface area (Å²) in [6, 6.07) is 6.74. The third-order valence-electron chi connectivity index (χ3n) is 3.21. The largest absolute Gasteiger partial charge is 0.340 e. The van der Waals surface area contributed by atoms with Gasteiger partial charge in [-0.3, -0.25) is 5.41 Å². The quantitative estimate of drug-likeness (QED) is 0.912. The zero-order chi connectivity index (χ0) is 14.0. The topological polar surface area (TPSA) is 64.5 Å². The lowest BCUT2D eigenvalue weighted by Crippen LogP contribution is -2.37. The summed E-state index contributed by atoms with van der Waals surface area (Å²) in [4.78, 5) is 2.05. The number of benzene rings is 1. The molecule has 0 amide bonds. The van der Waals surface area contributed by atoms with E-state index in [0.29, 0.717) is 13.1 Å². The smallest absolute Gasteiger partial charge is 0.266 e. The van der Waals surface area contributed by atoms with Crippen molar-refractivity contribution in [1.29, 1.82) is 5.41 Å². The van der Waals surface area contributed by atoms with Crippen LogP contribution in [-0.2, 0) is 10.0 Å². The maximum atomic E-state index is 12.5. The standard InChI is InChI=1S/C13H19N3O2S/c1-3-8-15-9-10-16(13(15)14)19(17,18)12-6-4-11(2)5-7-12/h4-7,14H,3,8-10H2,1-2H3. The lowest BCUT2D eigenvalue weighted by molar-refractivity contribution is 0.458. The molecule has 5 nitrogen and oxygen atoms in total. The monoisotopic (exact) mass is 281 g/mol. The Hall–Kier alpha value is -1.56. The molecule has 0 aromatic heterocycles. The molecule has 1 aromatic rings. The Balaban J connectivity index is 2.26. The van der Waals surface area contributed by atoms with Gasteiger partial charge in [-0.15, -0.1) is 0 Å². The molecule has 1 aliphatic rings. The van der Waals surface area contributed by atoms with Crippen molar-refractivity contribution < 1.29 is 8.42 Å². The van der Waals surface area contributed by atoms with Crippen molar-refractivity contribution in [3.63, 3.8) is 0 Å². The van der Waals surface area contributed by atoms with E-state index in [2.05, 4.69) is 0 Å². The van der Waals surface area contributed by atoms with Crippen molar-refractivity contribution in [2.24, 2.45) is 0 Å². The average Bonchev–Trinajstić information content (AvgIpc) is 2.73. The molecule has 19 heavy (non-hydrogen) atoms. The average molecular weight is 281 g/mol. The maximum Gasteiger partial charge on any atom is 0.266 e. The number of hydrogen-bond donors (Lipinski definition) is 1. The van der Waals surface area contributed by atoms with Gasteiger partial charge < -0.3 is 4.90 Å². The zero-order valence-electron chi connectivity index (χ0n) is 11.3. The first-order chi connectivity index (χ1) is 8.96. The fraction of sp³-hybridized carbons (Fsp3) is 0.462. The van der Waals surface area contributed by atoms with Gasteiger partial charge in [-0.05, 0) is 25.5 Å². The molecule has 0 atom stereocenters. The molecule has 0 aliphatic carbocycles. The van der Waals surface area contributed by atoms with Crippen LogP contribution >= 0.6 is 0 Å². The highest BCUT2D eigenvalue weighted by Gasteiger charge is 2.34. The van der Waals surface area contributed by atoms with Gasteiger partial charge in [0.25, 0.3) is 10.0 Å². The van der Waals surface area contributed by atoms with Gasteiger partial charge in [0.15, 0.2) is 0 Å². The summed E-state index contributed by atoms with van der Waals surface area (Å²) in [6.45, 7) is 5.60. The summed E-state index contributed by atoms with van der Waals surface area (Å²) in [7, 11) is -3.59. The first-order valence-corrected chi connectivity index (χ1v) is 7.83. The lowest BCUT2D eigenvalue weighted by atomic mass is 10.2. The van der Waals surface area contributed by atoms with E-state index in [9.17, 15) is 8.42 Å². The van der Waals surface area contributed by atoms with Crippen LogP contribution in [0.4, 0.5) is 0 Å². The van der Waals surface area contributed by atoms with Gasteiger partial charge in [0.1, 0.15) is 0 Å². The minimum Gasteiger partial charge on any atom is -0.340 e. The van der Waals surface area contributed by atoms with Gasteiger partial charge in [-0.1, -0.05) is 24.6 Å². The molecule has 2 rings (SSSR count). The van der Waals surface area contributed by atoms with E-state index in [1.165, 1.54) is 4.31 Å². The Morgan fingerprint density at radius 3 is 2.42 bits per heavy atom. The Bertz CT molecular complexity index is 566. The van der Waals surface area contributed by atoms with Crippen LogP contribution in [0.15, 0.2) is 29.2 Å². The van der Waals surface area contributed by atoms with Crippen molar-refractivity contribution in [2.75, 3.05) is 19.6 Å².